The quantitative estimate of drug-likeness (QED) is 0.705. The SMILES string of the molecule is Cc1ccc(-n2nnnc2-c2c(N)cccc2Cl)cc1Br. The van der Waals surface area contributed by atoms with Crippen LogP contribution >= 0.6 is 27.5 Å². The van der Waals surface area contributed by atoms with Crippen molar-refractivity contribution in [3.05, 3.63) is 51.5 Å². The minimum Gasteiger partial charge on any atom is -0.398 e. The molecule has 0 saturated heterocycles. The maximum Gasteiger partial charge on any atom is 0.190 e. The van der Waals surface area contributed by atoms with Gasteiger partial charge in [-0.05, 0) is 47.2 Å². The van der Waals surface area contributed by atoms with E-state index < -0.39 is 0 Å². The molecule has 21 heavy (non-hydrogen) atoms. The summed E-state index contributed by atoms with van der Waals surface area (Å²) >= 11 is 9.75. The average molecular weight is 365 g/mol. The Balaban J connectivity index is 2.20. The summed E-state index contributed by atoms with van der Waals surface area (Å²) in [7, 11) is 0. The lowest BCUT2D eigenvalue weighted by Gasteiger charge is -2.09. The van der Waals surface area contributed by atoms with Gasteiger partial charge in [0.1, 0.15) is 0 Å². The van der Waals surface area contributed by atoms with E-state index in [9.17, 15) is 0 Å². The summed E-state index contributed by atoms with van der Waals surface area (Å²) in [6.07, 6.45) is 0. The van der Waals surface area contributed by atoms with Crippen molar-refractivity contribution in [1.29, 1.82) is 0 Å². The lowest BCUT2D eigenvalue weighted by atomic mass is 10.1. The van der Waals surface area contributed by atoms with Crippen molar-refractivity contribution in [3.8, 4) is 17.1 Å². The number of nitrogen functional groups attached to an aromatic ring is 1. The van der Waals surface area contributed by atoms with Crippen molar-refractivity contribution in [2.45, 2.75) is 6.92 Å². The van der Waals surface area contributed by atoms with Crippen molar-refractivity contribution < 1.29 is 0 Å². The molecular weight excluding hydrogens is 354 g/mol. The second kappa shape index (κ2) is 5.46. The van der Waals surface area contributed by atoms with E-state index >= 15 is 0 Å². The van der Waals surface area contributed by atoms with Gasteiger partial charge in [0.15, 0.2) is 5.82 Å². The van der Waals surface area contributed by atoms with Gasteiger partial charge in [0.2, 0.25) is 0 Å². The summed E-state index contributed by atoms with van der Waals surface area (Å²) in [6, 6.07) is 11.2. The first-order chi connectivity index (χ1) is 10.1. The number of hydrogen-bond donors (Lipinski definition) is 1. The van der Waals surface area contributed by atoms with Crippen LogP contribution in [0.5, 0.6) is 0 Å². The van der Waals surface area contributed by atoms with E-state index in [1.807, 2.05) is 25.1 Å². The number of halogens is 2. The van der Waals surface area contributed by atoms with Gasteiger partial charge in [0.25, 0.3) is 0 Å². The molecule has 0 atom stereocenters. The Morgan fingerprint density at radius 1 is 1.24 bits per heavy atom. The molecule has 0 aliphatic heterocycles. The predicted molar refractivity (Wildman–Crippen MR) is 86.4 cm³/mol. The van der Waals surface area contributed by atoms with Gasteiger partial charge in [-0.2, -0.15) is 4.68 Å². The minimum atomic E-state index is 0.508. The van der Waals surface area contributed by atoms with Gasteiger partial charge >= 0.3 is 0 Å². The molecule has 1 heterocycles. The van der Waals surface area contributed by atoms with Crippen LogP contribution in [-0.2, 0) is 0 Å². The molecule has 0 aliphatic carbocycles. The first-order valence-electron chi connectivity index (χ1n) is 6.17. The highest BCUT2D eigenvalue weighted by molar-refractivity contribution is 9.10. The highest BCUT2D eigenvalue weighted by Crippen LogP contribution is 2.32. The van der Waals surface area contributed by atoms with E-state index in [4.69, 9.17) is 17.3 Å². The molecule has 0 bridgehead atoms. The van der Waals surface area contributed by atoms with Crippen LogP contribution < -0.4 is 5.73 Å². The fourth-order valence-electron chi connectivity index (χ4n) is 2.01. The summed E-state index contributed by atoms with van der Waals surface area (Å²) in [5, 5.41) is 12.3. The molecule has 0 fully saturated rings. The number of nitrogens with zero attached hydrogens (tertiary/aromatic N) is 4. The molecule has 3 rings (SSSR count). The molecule has 2 aromatic carbocycles. The van der Waals surface area contributed by atoms with Gasteiger partial charge in [-0.25, -0.2) is 0 Å². The van der Waals surface area contributed by atoms with Crippen LogP contribution in [0.3, 0.4) is 0 Å². The number of hydrogen-bond acceptors (Lipinski definition) is 4. The van der Waals surface area contributed by atoms with Crippen LogP contribution in [0.15, 0.2) is 40.9 Å². The first kappa shape index (κ1) is 14.0. The van der Waals surface area contributed by atoms with Crippen molar-refractivity contribution in [3.63, 3.8) is 0 Å². The van der Waals surface area contributed by atoms with Gasteiger partial charge < -0.3 is 5.73 Å². The van der Waals surface area contributed by atoms with E-state index in [0.717, 1.165) is 15.7 Å². The summed E-state index contributed by atoms with van der Waals surface area (Å²) in [5.74, 6) is 0.508. The van der Waals surface area contributed by atoms with Gasteiger partial charge in [0.05, 0.1) is 16.3 Å². The van der Waals surface area contributed by atoms with Crippen molar-refractivity contribution >= 4 is 33.2 Å². The molecule has 0 spiro atoms. The largest absolute Gasteiger partial charge is 0.398 e. The molecule has 3 aromatic rings. The van der Waals surface area contributed by atoms with Crippen LogP contribution in [0, 0.1) is 6.92 Å². The van der Waals surface area contributed by atoms with Gasteiger partial charge in [-0.1, -0.05) is 39.7 Å². The molecule has 0 amide bonds. The predicted octanol–water partition coefficient (Wildman–Crippen LogP) is 3.64. The van der Waals surface area contributed by atoms with Crippen molar-refractivity contribution in [1.82, 2.24) is 20.2 Å². The molecule has 5 nitrogen and oxygen atoms in total. The Morgan fingerprint density at radius 2 is 2.05 bits per heavy atom. The molecular formula is C14H11BrClN5. The highest BCUT2D eigenvalue weighted by Gasteiger charge is 2.16. The zero-order valence-corrected chi connectivity index (χ0v) is 13.4. The molecule has 7 heteroatoms. The fourth-order valence-corrected chi connectivity index (χ4v) is 2.64. The molecule has 0 saturated carbocycles. The molecule has 0 unspecified atom stereocenters. The summed E-state index contributed by atoms with van der Waals surface area (Å²) in [5.41, 5.74) is 9.12. The van der Waals surface area contributed by atoms with E-state index in [1.165, 1.54) is 0 Å². The standard InChI is InChI=1S/C14H11BrClN5/c1-8-5-6-9(7-10(8)15)21-14(18-19-20-21)13-11(16)3-2-4-12(13)17/h2-7H,17H2,1H3. The molecule has 0 aliphatic rings. The van der Waals surface area contributed by atoms with Crippen molar-refractivity contribution in [2.75, 3.05) is 5.73 Å². The summed E-state index contributed by atoms with van der Waals surface area (Å²) in [4.78, 5) is 0. The second-order valence-electron chi connectivity index (χ2n) is 4.55. The molecule has 1 aromatic heterocycles. The Hall–Kier alpha value is -1.92. The topological polar surface area (TPSA) is 69.6 Å². The van der Waals surface area contributed by atoms with Gasteiger partial charge in [-0.3, -0.25) is 0 Å². The molecule has 0 radical (unpaired) electrons. The third-order valence-corrected chi connectivity index (χ3v) is 4.31. The summed E-state index contributed by atoms with van der Waals surface area (Å²) < 4.78 is 2.59. The van der Waals surface area contributed by atoms with E-state index in [-0.39, 0.29) is 0 Å². The average Bonchev–Trinajstić information content (AvgIpc) is 2.91. The van der Waals surface area contributed by atoms with Crippen LogP contribution in [0.1, 0.15) is 5.56 Å². The monoisotopic (exact) mass is 363 g/mol. The fraction of sp³-hybridized carbons (Fsp3) is 0.0714. The lowest BCUT2D eigenvalue weighted by Crippen LogP contribution is -2.02. The van der Waals surface area contributed by atoms with Gasteiger partial charge in [0, 0.05) is 10.2 Å². The second-order valence-corrected chi connectivity index (χ2v) is 5.81. The number of anilines is 1. The number of benzene rings is 2. The first-order valence-corrected chi connectivity index (χ1v) is 7.34. The zero-order valence-electron chi connectivity index (χ0n) is 11.1. The Kier molecular flexibility index (Phi) is 3.65. The maximum absolute atomic E-state index is 6.24. The van der Waals surface area contributed by atoms with Crippen molar-refractivity contribution in [2.24, 2.45) is 0 Å². The van der Waals surface area contributed by atoms with Crippen LogP contribution in [0.4, 0.5) is 5.69 Å². The number of tetrazole rings is 1. The smallest absolute Gasteiger partial charge is 0.190 e. The highest BCUT2D eigenvalue weighted by atomic mass is 79.9. The lowest BCUT2D eigenvalue weighted by molar-refractivity contribution is 0.790. The van der Waals surface area contributed by atoms with Crippen LogP contribution in [0.2, 0.25) is 5.02 Å². The Bertz CT molecular complexity index is 795. The van der Waals surface area contributed by atoms with E-state index in [1.54, 1.807) is 22.9 Å². The number of rotatable bonds is 2. The number of aryl methyl sites for hydroxylation is 1. The zero-order chi connectivity index (χ0) is 15.0. The number of aromatic nitrogens is 4. The Labute approximate surface area is 134 Å². The Morgan fingerprint density at radius 3 is 2.76 bits per heavy atom. The molecule has 106 valence electrons. The van der Waals surface area contributed by atoms with Crippen LogP contribution in [-0.4, -0.2) is 20.2 Å². The third kappa shape index (κ3) is 2.52. The van der Waals surface area contributed by atoms with Gasteiger partial charge in [-0.15, -0.1) is 5.10 Å². The van der Waals surface area contributed by atoms with Crippen LogP contribution in [0.25, 0.3) is 17.1 Å². The maximum atomic E-state index is 6.24. The number of nitrogens with two attached hydrogens (primary N) is 1. The summed E-state index contributed by atoms with van der Waals surface area (Å²) in [6.45, 7) is 2.01. The van der Waals surface area contributed by atoms with E-state index in [2.05, 4.69) is 31.5 Å². The third-order valence-electron chi connectivity index (χ3n) is 3.14. The normalized spacial score (nSPS) is 10.8. The van der Waals surface area contributed by atoms with E-state index in [0.29, 0.717) is 22.1 Å². The molecule has 2 N–H and O–H groups in total. The minimum absolute atomic E-state index is 0.508.